The molecule has 2 amide bonds. The second-order valence-electron chi connectivity index (χ2n) is 6.78. The third-order valence-electron chi connectivity index (χ3n) is 2.94. The zero-order valence-corrected chi connectivity index (χ0v) is 11.9. The van der Waals surface area contributed by atoms with Crippen molar-refractivity contribution in [2.75, 3.05) is 0 Å². The molecule has 0 bridgehead atoms. The second kappa shape index (κ2) is 4.37. The zero-order valence-electron chi connectivity index (χ0n) is 11.9. The molecule has 102 valence electrons. The number of hydrogen-bond acceptors (Lipinski definition) is 4. The second-order valence-corrected chi connectivity index (χ2v) is 6.78. The summed E-state index contributed by atoms with van der Waals surface area (Å²) in [5, 5.41) is 0.628. The number of amides is 2. The Morgan fingerprint density at radius 1 is 1.17 bits per heavy atom. The van der Waals surface area contributed by atoms with E-state index in [1.165, 1.54) is 0 Å². The van der Waals surface area contributed by atoms with E-state index in [0.29, 0.717) is 5.06 Å². The molecule has 1 aliphatic rings. The molecule has 0 N–H and O–H groups in total. The van der Waals surface area contributed by atoms with Gasteiger partial charge in [-0.2, -0.15) is 0 Å². The van der Waals surface area contributed by atoms with Crippen LogP contribution in [-0.4, -0.2) is 22.8 Å². The molecule has 5 nitrogen and oxygen atoms in total. The minimum atomic E-state index is -0.750. The maximum absolute atomic E-state index is 12.1. The van der Waals surface area contributed by atoms with Gasteiger partial charge in [-0.3, -0.25) is 9.59 Å². The van der Waals surface area contributed by atoms with E-state index < -0.39 is 29.1 Å². The Kier molecular flexibility index (Phi) is 3.56. The van der Waals surface area contributed by atoms with E-state index >= 15 is 0 Å². The first kappa shape index (κ1) is 14.7. The topological polar surface area (TPSA) is 63.7 Å². The van der Waals surface area contributed by atoms with E-state index in [1.807, 2.05) is 20.8 Å². The molecule has 1 aliphatic heterocycles. The van der Waals surface area contributed by atoms with Crippen LogP contribution in [0.1, 0.15) is 48.0 Å². The van der Waals surface area contributed by atoms with E-state index in [-0.39, 0.29) is 11.8 Å². The minimum absolute atomic E-state index is 0.0970. The Morgan fingerprint density at radius 3 is 2.00 bits per heavy atom. The van der Waals surface area contributed by atoms with Gasteiger partial charge in [-0.1, -0.05) is 20.8 Å². The monoisotopic (exact) mass is 255 g/mol. The van der Waals surface area contributed by atoms with Gasteiger partial charge in [0.2, 0.25) is 0 Å². The molecule has 1 saturated heterocycles. The van der Waals surface area contributed by atoms with Crippen molar-refractivity contribution in [2.24, 2.45) is 16.7 Å². The molecule has 0 aromatic rings. The number of hydrogen-bond donors (Lipinski definition) is 0. The maximum Gasteiger partial charge on any atom is 0.338 e. The van der Waals surface area contributed by atoms with Crippen LogP contribution in [0.3, 0.4) is 0 Å². The molecule has 5 heteroatoms. The molecule has 0 aromatic carbocycles. The van der Waals surface area contributed by atoms with Crippen LogP contribution >= 0.6 is 0 Å². The Labute approximate surface area is 107 Å². The predicted octanol–water partition coefficient (Wildman–Crippen LogP) is 1.91. The third-order valence-corrected chi connectivity index (χ3v) is 2.94. The van der Waals surface area contributed by atoms with Crippen LogP contribution in [0, 0.1) is 16.7 Å². The molecule has 0 aromatic heterocycles. The fraction of sp³-hybridized carbons (Fsp3) is 0.769. The van der Waals surface area contributed by atoms with Gasteiger partial charge in [-0.25, -0.2) is 4.79 Å². The van der Waals surface area contributed by atoms with E-state index in [4.69, 9.17) is 4.84 Å². The molecule has 0 aliphatic carbocycles. The highest BCUT2D eigenvalue weighted by molar-refractivity contribution is 6.03. The minimum Gasteiger partial charge on any atom is -0.330 e. The van der Waals surface area contributed by atoms with Crippen molar-refractivity contribution >= 4 is 17.8 Å². The number of nitrogens with zero attached hydrogens (tertiary/aromatic N) is 1. The molecule has 0 unspecified atom stereocenters. The average Bonchev–Trinajstić information content (AvgIpc) is 2.43. The number of imide groups is 1. The normalized spacial score (nSPS) is 21.4. The lowest BCUT2D eigenvalue weighted by molar-refractivity contribution is -0.204. The van der Waals surface area contributed by atoms with Crippen LogP contribution in [0.5, 0.6) is 0 Å². The molecule has 0 saturated carbocycles. The highest BCUT2D eigenvalue weighted by atomic mass is 16.7. The molecule has 0 radical (unpaired) electrons. The van der Waals surface area contributed by atoms with Crippen LogP contribution in [-0.2, 0) is 19.2 Å². The van der Waals surface area contributed by atoms with E-state index in [0.717, 1.165) is 0 Å². The van der Waals surface area contributed by atoms with Crippen molar-refractivity contribution in [1.82, 2.24) is 5.06 Å². The summed E-state index contributed by atoms with van der Waals surface area (Å²) in [7, 11) is 0. The Morgan fingerprint density at radius 2 is 1.67 bits per heavy atom. The molecule has 1 fully saturated rings. The zero-order chi connectivity index (χ0) is 14.3. The molecule has 1 heterocycles. The summed E-state index contributed by atoms with van der Waals surface area (Å²) in [5.74, 6) is -1.89. The van der Waals surface area contributed by atoms with Gasteiger partial charge in [0.25, 0.3) is 11.8 Å². The fourth-order valence-corrected chi connectivity index (χ4v) is 1.60. The average molecular weight is 255 g/mol. The lowest BCUT2D eigenvalue weighted by atomic mass is 9.80. The van der Waals surface area contributed by atoms with E-state index in [1.54, 1.807) is 20.8 Å². The van der Waals surface area contributed by atoms with Crippen LogP contribution in [0.4, 0.5) is 0 Å². The highest BCUT2D eigenvalue weighted by Gasteiger charge is 2.47. The van der Waals surface area contributed by atoms with Gasteiger partial charge in [-0.15, -0.1) is 5.06 Å². The van der Waals surface area contributed by atoms with Crippen molar-refractivity contribution in [3.8, 4) is 0 Å². The SMILES string of the molecule is CC(C)(C)C(=O)ON1C(=O)C[C@H](C(C)(C)C)C1=O. The van der Waals surface area contributed by atoms with Crippen LogP contribution in [0.25, 0.3) is 0 Å². The number of hydroxylamine groups is 2. The third kappa shape index (κ3) is 2.89. The smallest absolute Gasteiger partial charge is 0.330 e. The van der Waals surface area contributed by atoms with E-state index in [9.17, 15) is 14.4 Å². The molecular weight excluding hydrogens is 234 g/mol. The molecule has 1 atom stereocenters. The fourth-order valence-electron chi connectivity index (χ4n) is 1.60. The Balaban J connectivity index is 2.84. The van der Waals surface area contributed by atoms with Crippen LogP contribution in [0.2, 0.25) is 0 Å². The molecule has 0 spiro atoms. The Hall–Kier alpha value is -1.39. The standard InChI is InChI=1S/C13H21NO4/c1-12(2,3)8-7-9(15)14(10(8)16)18-11(17)13(4,5)6/h8H,7H2,1-6H3/t8-/m0/s1. The summed E-state index contributed by atoms with van der Waals surface area (Å²) in [4.78, 5) is 40.4. The van der Waals surface area contributed by atoms with Crippen LogP contribution in [0.15, 0.2) is 0 Å². The Bertz CT molecular complexity index is 387. The first-order valence-corrected chi connectivity index (χ1v) is 6.04. The van der Waals surface area contributed by atoms with Crippen molar-refractivity contribution in [1.29, 1.82) is 0 Å². The van der Waals surface area contributed by atoms with Gasteiger partial charge < -0.3 is 4.84 Å². The van der Waals surface area contributed by atoms with Crippen molar-refractivity contribution < 1.29 is 19.2 Å². The van der Waals surface area contributed by atoms with Gasteiger partial charge in [0.1, 0.15) is 0 Å². The predicted molar refractivity (Wildman–Crippen MR) is 65.0 cm³/mol. The quantitative estimate of drug-likeness (QED) is 0.671. The first-order chi connectivity index (χ1) is 7.94. The molecular formula is C13H21NO4. The van der Waals surface area contributed by atoms with Gasteiger partial charge in [0.05, 0.1) is 11.3 Å². The number of carbonyl (C=O) groups excluding carboxylic acids is 3. The summed E-state index contributed by atoms with van der Waals surface area (Å²) in [6.45, 7) is 10.7. The largest absolute Gasteiger partial charge is 0.338 e. The lowest BCUT2D eigenvalue weighted by Gasteiger charge is -2.25. The summed E-state index contributed by atoms with van der Waals surface area (Å²) in [5.41, 5.74) is -1.07. The molecule has 18 heavy (non-hydrogen) atoms. The van der Waals surface area contributed by atoms with Gasteiger partial charge in [0, 0.05) is 6.42 Å². The van der Waals surface area contributed by atoms with Gasteiger partial charge in [-0.05, 0) is 26.2 Å². The summed E-state index contributed by atoms with van der Waals surface area (Å²) < 4.78 is 0. The number of rotatable bonds is 1. The summed E-state index contributed by atoms with van der Waals surface area (Å²) in [6, 6.07) is 0. The van der Waals surface area contributed by atoms with E-state index in [2.05, 4.69) is 0 Å². The molecule has 1 rings (SSSR count). The van der Waals surface area contributed by atoms with Gasteiger partial charge in [0.15, 0.2) is 0 Å². The summed E-state index contributed by atoms with van der Waals surface area (Å²) >= 11 is 0. The van der Waals surface area contributed by atoms with Crippen molar-refractivity contribution in [3.63, 3.8) is 0 Å². The van der Waals surface area contributed by atoms with Crippen molar-refractivity contribution in [3.05, 3.63) is 0 Å². The first-order valence-electron chi connectivity index (χ1n) is 6.04. The highest BCUT2D eigenvalue weighted by Crippen LogP contribution is 2.35. The maximum atomic E-state index is 12.1. The van der Waals surface area contributed by atoms with Gasteiger partial charge >= 0.3 is 5.97 Å². The lowest BCUT2D eigenvalue weighted by Crippen LogP contribution is -2.39. The number of carbonyl (C=O) groups is 3. The van der Waals surface area contributed by atoms with Crippen molar-refractivity contribution in [2.45, 2.75) is 48.0 Å². The van der Waals surface area contributed by atoms with Crippen LogP contribution < -0.4 is 0 Å². The summed E-state index contributed by atoms with van der Waals surface area (Å²) in [6.07, 6.45) is 0.0970.